The number of ketones is 5. The lowest BCUT2D eigenvalue weighted by atomic mass is 9.75. The summed E-state index contributed by atoms with van der Waals surface area (Å²) in [4.78, 5) is 93.9. The molecule has 6 atom stereocenters. The van der Waals surface area contributed by atoms with E-state index in [0.29, 0.717) is 45.9 Å². The predicted molar refractivity (Wildman–Crippen MR) is 243 cm³/mol. The lowest BCUT2D eigenvalue weighted by Crippen LogP contribution is -2.61. The molecule has 69 heavy (non-hydrogen) atoms. The number of phenolic OH excluding ortho intramolecular Hbond substituents is 2. The molecule has 1 unspecified atom stereocenters. The summed E-state index contributed by atoms with van der Waals surface area (Å²) >= 11 is 0. The highest BCUT2D eigenvalue weighted by Gasteiger charge is 2.49. The number of amides is 2. The fourth-order valence-corrected chi connectivity index (χ4v) is 7.40. The number of likely N-dealkylation sites (N-methyl/N-ethyl adjacent to an activating group) is 1. The lowest BCUT2D eigenvalue weighted by molar-refractivity contribution is -0.424. The maximum atomic E-state index is 13.7. The number of benzene rings is 2. The third-order valence-electron chi connectivity index (χ3n) is 11.6. The summed E-state index contributed by atoms with van der Waals surface area (Å²) in [6, 6.07) is 5.35. The minimum Gasteiger partial charge on any atom is -0.508 e. The van der Waals surface area contributed by atoms with Crippen LogP contribution in [0.15, 0.2) is 36.4 Å². The number of carbonyl (C=O) groups excluding carboxylic acids is 7. The number of hydrogen-bond donors (Lipinski definition) is 6. The fraction of sp³-hybridized carbons (Fsp3) is 0.562. The number of aliphatic hydroxyl groups is 3. The number of phenols is 2. The van der Waals surface area contributed by atoms with E-state index in [0.717, 1.165) is 11.0 Å². The molecule has 0 radical (unpaired) electrons. The summed E-state index contributed by atoms with van der Waals surface area (Å²) in [5.74, 6) is -3.57. The van der Waals surface area contributed by atoms with E-state index in [9.17, 15) is 59.1 Å². The molecule has 0 bridgehead atoms. The molecule has 21 heteroatoms. The number of fused-ring (bicyclic) bond motifs is 1. The topological polar surface area (TPSA) is 301 Å². The minimum absolute atomic E-state index is 0.0337. The molecule has 2 heterocycles. The Morgan fingerprint density at radius 2 is 1.48 bits per heavy atom. The summed E-state index contributed by atoms with van der Waals surface area (Å²) in [5, 5.41) is 56.9. The monoisotopic (exact) mass is 974 g/mol. The largest absolute Gasteiger partial charge is 0.508 e. The van der Waals surface area contributed by atoms with Crippen molar-refractivity contribution in [1.82, 2.24) is 10.2 Å². The Morgan fingerprint density at radius 1 is 0.884 bits per heavy atom. The van der Waals surface area contributed by atoms with Crippen LogP contribution in [0.1, 0.15) is 111 Å². The first-order valence-corrected chi connectivity index (χ1v) is 22.4. The number of nitrogens with zero attached hydrogens (tertiary/aromatic N) is 1. The summed E-state index contributed by atoms with van der Waals surface area (Å²) in [6.45, 7) is 11.2. The quantitative estimate of drug-likeness (QED) is 0.0232. The van der Waals surface area contributed by atoms with Gasteiger partial charge in [0, 0.05) is 66.5 Å². The molecule has 0 spiro atoms. The van der Waals surface area contributed by atoms with Gasteiger partial charge >= 0.3 is 0 Å². The second-order valence-corrected chi connectivity index (χ2v) is 16.7. The maximum absolute atomic E-state index is 13.7. The van der Waals surface area contributed by atoms with Crippen molar-refractivity contribution in [3.05, 3.63) is 64.2 Å². The normalized spacial score (nSPS) is 22.7. The molecule has 1 fully saturated rings. The van der Waals surface area contributed by atoms with Crippen molar-refractivity contribution in [2.24, 2.45) is 0 Å². The van der Waals surface area contributed by atoms with Crippen LogP contribution >= 0.6 is 0 Å². The summed E-state index contributed by atoms with van der Waals surface area (Å²) in [5.41, 5.74) is -3.86. The first-order valence-electron chi connectivity index (χ1n) is 22.4. The van der Waals surface area contributed by atoms with E-state index in [1.165, 1.54) is 51.3 Å². The second-order valence-electron chi connectivity index (χ2n) is 16.7. The van der Waals surface area contributed by atoms with Crippen molar-refractivity contribution in [2.75, 3.05) is 67.0 Å². The van der Waals surface area contributed by atoms with Gasteiger partial charge in [-0.15, -0.1) is 0 Å². The zero-order chi connectivity index (χ0) is 51.6. The predicted octanol–water partition coefficient (Wildman–Crippen LogP) is 2.17. The summed E-state index contributed by atoms with van der Waals surface area (Å²) in [7, 11) is 3.00. The maximum Gasteiger partial charge on any atom is 0.253 e. The van der Waals surface area contributed by atoms with Crippen LogP contribution in [0.3, 0.4) is 0 Å². The van der Waals surface area contributed by atoms with Crippen LogP contribution in [0.2, 0.25) is 0 Å². The van der Waals surface area contributed by atoms with Crippen molar-refractivity contribution < 1.29 is 92.6 Å². The van der Waals surface area contributed by atoms with E-state index in [1.807, 2.05) is 6.92 Å². The smallest absolute Gasteiger partial charge is 0.253 e. The van der Waals surface area contributed by atoms with Crippen molar-refractivity contribution in [3.63, 3.8) is 0 Å². The van der Waals surface area contributed by atoms with Gasteiger partial charge in [0.05, 0.1) is 76.6 Å². The number of hydrogen-bond acceptors (Lipinski definition) is 20. The molecule has 6 N–H and O–H groups in total. The molecule has 1 aliphatic carbocycles. The molecule has 382 valence electrons. The van der Waals surface area contributed by atoms with E-state index in [-0.39, 0.29) is 71.0 Å². The molecule has 2 amide bonds. The van der Waals surface area contributed by atoms with Crippen LogP contribution < -0.4 is 10.1 Å². The molecular formula is C48H66N2O19. The molecule has 2 aliphatic heterocycles. The number of rotatable bonds is 23. The highest BCUT2D eigenvalue weighted by Crippen LogP contribution is 2.48. The van der Waals surface area contributed by atoms with Crippen LogP contribution in [0.25, 0.3) is 0 Å². The van der Waals surface area contributed by atoms with Crippen molar-refractivity contribution >= 4 is 40.7 Å². The number of nitrogens with one attached hydrogen (secondary N) is 1. The highest BCUT2D eigenvalue weighted by molar-refractivity contribution is 6.18. The lowest BCUT2D eigenvalue weighted by Gasteiger charge is -2.45. The summed E-state index contributed by atoms with van der Waals surface area (Å²) < 4.78 is 26.6. The van der Waals surface area contributed by atoms with Gasteiger partial charge in [-0.3, -0.25) is 33.7 Å². The molecule has 2 aromatic rings. The number of carbonyl (C=O) groups is 7. The van der Waals surface area contributed by atoms with Crippen LogP contribution in [0, 0.1) is 0 Å². The Morgan fingerprint density at radius 3 is 2.01 bits per heavy atom. The Hall–Kier alpha value is -5.33. The number of aromatic hydroxyl groups is 2. The number of imide groups is 1. The summed E-state index contributed by atoms with van der Waals surface area (Å²) in [6.07, 6.45) is -1.23. The van der Waals surface area contributed by atoms with Gasteiger partial charge in [-0.25, -0.2) is 9.78 Å². The molecule has 2 aromatic carbocycles. The molecular weight excluding hydrogens is 909 g/mol. The Balaban J connectivity index is 0.000000403. The highest BCUT2D eigenvalue weighted by atomic mass is 17.2. The van der Waals surface area contributed by atoms with E-state index < -0.39 is 89.6 Å². The third-order valence-corrected chi connectivity index (χ3v) is 11.6. The molecule has 21 nitrogen and oxygen atoms in total. The van der Waals surface area contributed by atoms with Crippen LogP contribution in [0.4, 0.5) is 0 Å². The average molecular weight is 975 g/mol. The van der Waals surface area contributed by atoms with E-state index in [1.54, 1.807) is 27.8 Å². The number of Topliss-reactive ketones (excluding diaryl/α,β-unsaturated/α-hetero) is 4. The van der Waals surface area contributed by atoms with Gasteiger partial charge in [0.1, 0.15) is 47.1 Å². The van der Waals surface area contributed by atoms with E-state index >= 15 is 0 Å². The average Bonchev–Trinajstić information content (AvgIpc) is 3.64. The van der Waals surface area contributed by atoms with Crippen LogP contribution in [-0.2, 0) is 59.1 Å². The Kier molecular flexibility index (Phi) is 22.8. The van der Waals surface area contributed by atoms with Gasteiger partial charge in [-0.05, 0) is 53.8 Å². The molecule has 3 aliphatic rings. The van der Waals surface area contributed by atoms with Gasteiger partial charge in [0.15, 0.2) is 23.6 Å². The Bertz CT molecular complexity index is 2160. The van der Waals surface area contributed by atoms with Gasteiger partial charge in [0.2, 0.25) is 0 Å². The third kappa shape index (κ3) is 15.8. The van der Waals surface area contributed by atoms with Gasteiger partial charge in [-0.2, -0.15) is 0 Å². The minimum atomic E-state index is -2.27. The fourth-order valence-electron chi connectivity index (χ4n) is 7.40. The molecule has 0 aromatic heterocycles. The molecule has 0 saturated carbocycles. The van der Waals surface area contributed by atoms with E-state index in [4.69, 9.17) is 33.5 Å². The zero-order valence-corrected chi connectivity index (χ0v) is 40.4. The second kappa shape index (κ2) is 27.2. The Labute approximate surface area is 400 Å². The SMILES string of the molecule is CC(=O)CCOCCOCCOCCN1C(=O)C=CC1=O.CCC(C)=O.CN[C@]1(C)C[C@H](OO[C@@H]2C[C@](O)(C(=O)CO)Cc3c(O)c(C(=O)c4cccc(OC)c4C(C)=O)cc(O)c32)OC(C)[C@H]1O. The van der Waals surface area contributed by atoms with Crippen molar-refractivity contribution in [1.29, 1.82) is 0 Å². The van der Waals surface area contributed by atoms with Crippen molar-refractivity contribution in [3.8, 4) is 17.2 Å². The first kappa shape index (κ1) is 58.0. The number of methoxy groups -OCH3 is 1. The van der Waals surface area contributed by atoms with E-state index in [2.05, 4.69) is 5.32 Å². The van der Waals surface area contributed by atoms with Crippen molar-refractivity contribution in [2.45, 2.75) is 109 Å². The van der Waals surface area contributed by atoms with Gasteiger partial charge in [-0.1, -0.05) is 19.1 Å². The first-order chi connectivity index (χ1) is 32.6. The zero-order valence-electron chi connectivity index (χ0n) is 40.4. The molecule has 1 saturated heterocycles. The standard InChI is InChI=1S/C30H37NO12.C14H21NO6.C4H8O/c1-14(33)24-16(7-6-8-20(24)40-5)26(36)17-9-19(34)25-18(27(17)37)10-30(39,22(35)13-32)11-21(25)42-43-23-12-29(3,31-4)28(38)15(2)41-23;1-12(16)4-6-19-8-10-21-11-9-20-7-5-15-13(17)2-3-14(15)18;1-3-4(2)5/h6-9,15,21,23,28,31-32,34,37-39H,10-13H2,1-5H3;2-3H,4-11H2,1H3;3H2,1-2H3/t15?,21-,23+,28-,29-,30+;;/m1../s1. The number of aliphatic hydroxyl groups excluding tert-OH is 2. The molecule has 5 rings (SSSR count). The number of ether oxygens (including phenoxy) is 5. The van der Waals surface area contributed by atoms with Gasteiger partial charge < -0.3 is 59.3 Å². The van der Waals surface area contributed by atoms with Crippen LogP contribution in [0.5, 0.6) is 17.2 Å². The van der Waals surface area contributed by atoms with Gasteiger partial charge in [0.25, 0.3) is 11.8 Å². The van der Waals surface area contributed by atoms with Crippen LogP contribution in [-0.4, -0.2) is 168 Å².